The van der Waals surface area contributed by atoms with E-state index in [1.54, 1.807) is 6.07 Å². The van der Waals surface area contributed by atoms with E-state index in [9.17, 15) is 4.39 Å². The fourth-order valence-corrected chi connectivity index (χ4v) is 2.86. The van der Waals surface area contributed by atoms with Gasteiger partial charge >= 0.3 is 0 Å². The lowest BCUT2D eigenvalue weighted by Gasteiger charge is -2.27. The van der Waals surface area contributed by atoms with E-state index < -0.39 is 0 Å². The van der Waals surface area contributed by atoms with E-state index >= 15 is 0 Å². The van der Waals surface area contributed by atoms with E-state index in [4.69, 9.17) is 4.74 Å². The lowest BCUT2D eigenvalue weighted by Crippen LogP contribution is -2.17. The molecule has 0 spiro atoms. The van der Waals surface area contributed by atoms with Gasteiger partial charge in [0.05, 0.1) is 13.2 Å². The van der Waals surface area contributed by atoms with Crippen LogP contribution in [0.3, 0.4) is 0 Å². The molecule has 1 N–H and O–H groups in total. The third-order valence-electron chi connectivity index (χ3n) is 3.86. The molecular weight excluding hydrogens is 253 g/mol. The summed E-state index contributed by atoms with van der Waals surface area (Å²) in [5.74, 6) is -0.0545. The van der Waals surface area contributed by atoms with Gasteiger partial charge in [0, 0.05) is 11.8 Å². The van der Waals surface area contributed by atoms with Crippen LogP contribution in [0.5, 0.6) is 5.75 Å². The zero-order valence-electron chi connectivity index (χ0n) is 11.5. The van der Waals surface area contributed by atoms with Crippen LogP contribution in [0, 0.1) is 5.82 Å². The normalized spacial score (nSPS) is 17.4. The van der Waals surface area contributed by atoms with Crippen molar-refractivity contribution in [3.8, 4) is 5.75 Å². The first kappa shape index (κ1) is 13.0. The van der Waals surface area contributed by atoms with E-state index in [1.807, 2.05) is 6.07 Å². The first-order valence-corrected chi connectivity index (χ1v) is 6.96. The predicted molar refractivity (Wildman–Crippen MR) is 78.7 cm³/mol. The van der Waals surface area contributed by atoms with Gasteiger partial charge in [-0.1, -0.05) is 24.3 Å². The number of methoxy groups -OCH3 is 1. The number of fused-ring (bicyclic) bond motifs is 1. The van der Waals surface area contributed by atoms with Crippen molar-refractivity contribution in [3.05, 3.63) is 59.4 Å². The zero-order valence-corrected chi connectivity index (χ0v) is 11.5. The third-order valence-corrected chi connectivity index (χ3v) is 3.86. The SMILES string of the molecule is COc1ccc(NC2CCCc3ccccc32)cc1F. The summed E-state index contributed by atoms with van der Waals surface area (Å²) in [6.45, 7) is 0. The van der Waals surface area contributed by atoms with Crippen molar-refractivity contribution in [2.75, 3.05) is 12.4 Å². The Labute approximate surface area is 118 Å². The highest BCUT2D eigenvalue weighted by atomic mass is 19.1. The summed E-state index contributed by atoms with van der Waals surface area (Å²) in [7, 11) is 1.48. The molecular formula is C17H18FNO. The lowest BCUT2D eigenvalue weighted by molar-refractivity contribution is 0.386. The summed E-state index contributed by atoms with van der Waals surface area (Å²) >= 11 is 0. The van der Waals surface area contributed by atoms with Crippen LogP contribution < -0.4 is 10.1 Å². The fourth-order valence-electron chi connectivity index (χ4n) is 2.86. The fraction of sp³-hybridized carbons (Fsp3) is 0.294. The Morgan fingerprint density at radius 3 is 2.85 bits per heavy atom. The Balaban J connectivity index is 1.84. The van der Waals surface area contributed by atoms with Crippen molar-refractivity contribution < 1.29 is 9.13 Å². The van der Waals surface area contributed by atoms with E-state index in [1.165, 1.54) is 24.3 Å². The van der Waals surface area contributed by atoms with Crippen LogP contribution in [0.2, 0.25) is 0 Å². The second kappa shape index (κ2) is 5.53. The molecule has 2 aromatic carbocycles. The zero-order chi connectivity index (χ0) is 13.9. The number of hydrogen-bond acceptors (Lipinski definition) is 2. The standard InChI is InChI=1S/C17H18FNO/c1-20-17-10-9-13(11-15(17)18)19-16-8-4-6-12-5-2-3-7-14(12)16/h2-3,5,7,9-11,16,19H,4,6,8H2,1H3. The molecule has 20 heavy (non-hydrogen) atoms. The Hall–Kier alpha value is -2.03. The highest BCUT2D eigenvalue weighted by Crippen LogP contribution is 2.33. The lowest BCUT2D eigenvalue weighted by atomic mass is 9.87. The number of nitrogens with one attached hydrogen (secondary N) is 1. The molecule has 0 fully saturated rings. The smallest absolute Gasteiger partial charge is 0.167 e. The molecule has 0 heterocycles. The van der Waals surface area contributed by atoms with Crippen molar-refractivity contribution >= 4 is 5.69 Å². The number of aryl methyl sites for hydroxylation is 1. The molecule has 1 aliphatic rings. The quantitative estimate of drug-likeness (QED) is 0.897. The summed E-state index contributed by atoms with van der Waals surface area (Å²) in [5.41, 5.74) is 3.52. The maximum atomic E-state index is 13.7. The molecule has 0 saturated carbocycles. The van der Waals surface area contributed by atoms with Crippen LogP contribution in [-0.4, -0.2) is 7.11 Å². The number of ether oxygens (including phenoxy) is 1. The van der Waals surface area contributed by atoms with Gasteiger partial charge in [0.2, 0.25) is 0 Å². The third kappa shape index (κ3) is 2.48. The molecule has 104 valence electrons. The van der Waals surface area contributed by atoms with E-state index in [-0.39, 0.29) is 17.6 Å². The summed E-state index contributed by atoms with van der Waals surface area (Å²) in [4.78, 5) is 0. The molecule has 2 nitrogen and oxygen atoms in total. The Bertz CT molecular complexity index is 612. The van der Waals surface area contributed by atoms with Crippen molar-refractivity contribution in [2.45, 2.75) is 25.3 Å². The second-order valence-corrected chi connectivity index (χ2v) is 5.14. The van der Waals surface area contributed by atoms with Crippen molar-refractivity contribution in [2.24, 2.45) is 0 Å². The first-order valence-electron chi connectivity index (χ1n) is 6.96. The number of rotatable bonds is 3. The van der Waals surface area contributed by atoms with E-state index in [0.717, 1.165) is 24.9 Å². The van der Waals surface area contributed by atoms with E-state index in [2.05, 4.69) is 29.6 Å². The molecule has 0 bridgehead atoms. The minimum absolute atomic E-state index is 0.257. The minimum atomic E-state index is -0.332. The number of benzene rings is 2. The molecule has 1 atom stereocenters. The highest BCUT2D eigenvalue weighted by Gasteiger charge is 2.19. The summed E-state index contributed by atoms with van der Waals surface area (Å²) < 4.78 is 18.7. The molecule has 0 aromatic heterocycles. The van der Waals surface area contributed by atoms with Crippen LogP contribution >= 0.6 is 0 Å². The molecule has 0 radical (unpaired) electrons. The summed E-state index contributed by atoms with van der Waals surface area (Å²) in [5, 5.41) is 3.43. The largest absolute Gasteiger partial charge is 0.494 e. The first-order chi connectivity index (χ1) is 9.78. The Kier molecular flexibility index (Phi) is 3.59. The van der Waals surface area contributed by atoms with Crippen LogP contribution in [0.25, 0.3) is 0 Å². The van der Waals surface area contributed by atoms with Crippen LogP contribution in [0.15, 0.2) is 42.5 Å². The van der Waals surface area contributed by atoms with Gasteiger partial charge in [-0.3, -0.25) is 0 Å². The van der Waals surface area contributed by atoms with Gasteiger partial charge in [-0.05, 0) is 42.5 Å². The molecule has 3 rings (SSSR count). The van der Waals surface area contributed by atoms with Crippen LogP contribution in [0.1, 0.15) is 30.0 Å². The van der Waals surface area contributed by atoms with E-state index in [0.29, 0.717) is 0 Å². The van der Waals surface area contributed by atoms with Gasteiger partial charge in [-0.25, -0.2) is 4.39 Å². The van der Waals surface area contributed by atoms with Gasteiger partial charge in [0.25, 0.3) is 0 Å². The molecule has 3 heteroatoms. The van der Waals surface area contributed by atoms with Gasteiger partial charge in [-0.15, -0.1) is 0 Å². The van der Waals surface area contributed by atoms with Crippen molar-refractivity contribution in [1.82, 2.24) is 0 Å². The van der Waals surface area contributed by atoms with Gasteiger partial charge in [0.15, 0.2) is 11.6 Å². The number of anilines is 1. The molecule has 1 aliphatic carbocycles. The Morgan fingerprint density at radius 1 is 1.20 bits per heavy atom. The van der Waals surface area contributed by atoms with Gasteiger partial charge in [0.1, 0.15) is 0 Å². The topological polar surface area (TPSA) is 21.3 Å². The minimum Gasteiger partial charge on any atom is -0.494 e. The summed E-state index contributed by atoms with van der Waals surface area (Å²) in [6.07, 6.45) is 3.36. The molecule has 1 unspecified atom stereocenters. The second-order valence-electron chi connectivity index (χ2n) is 5.14. The molecule has 0 saturated heterocycles. The number of hydrogen-bond donors (Lipinski definition) is 1. The average Bonchev–Trinajstić information content (AvgIpc) is 2.48. The van der Waals surface area contributed by atoms with Gasteiger partial charge in [-0.2, -0.15) is 0 Å². The Morgan fingerprint density at radius 2 is 2.05 bits per heavy atom. The highest BCUT2D eigenvalue weighted by molar-refractivity contribution is 5.50. The van der Waals surface area contributed by atoms with Crippen molar-refractivity contribution in [1.29, 1.82) is 0 Å². The predicted octanol–water partition coefficient (Wildman–Crippen LogP) is 4.32. The van der Waals surface area contributed by atoms with Crippen LogP contribution in [0.4, 0.5) is 10.1 Å². The summed E-state index contributed by atoms with van der Waals surface area (Å²) in [6, 6.07) is 13.8. The monoisotopic (exact) mass is 271 g/mol. The van der Waals surface area contributed by atoms with Crippen LogP contribution in [-0.2, 0) is 6.42 Å². The molecule has 2 aromatic rings. The van der Waals surface area contributed by atoms with Gasteiger partial charge < -0.3 is 10.1 Å². The molecule has 0 amide bonds. The maximum absolute atomic E-state index is 13.7. The number of halogens is 1. The average molecular weight is 271 g/mol. The molecule has 0 aliphatic heterocycles. The maximum Gasteiger partial charge on any atom is 0.167 e. The van der Waals surface area contributed by atoms with Crippen molar-refractivity contribution in [3.63, 3.8) is 0 Å².